The number of aliphatic carboxylic acids is 1. The molecule has 0 bridgehead atoms. The van der Waals surface area contributed by atoms with E-state index in [1.165, 1.54) is 29.0 Å². The van der Waals surface area contributed by atoms with Gasteiger partial charge in [0.2, 0.25) is 11.8 Å². The molecule has 11 N–H and O–H groups in total. The number of guanidine groups is 1. The molecule has 62 heavy (non-hydrogen) atoms. The minimum atomic E-state index is -1.99. The molecule has 0 spiro atoms. The topological polar surface area (TPSA) is 317 Å². The van der Waals surface area contributed by atoms with Gasteiger partial charge in [0.15, 0.2) is 18.4 Å². The number of carboxylic acids is 1. The Labute approximate surface area is 361 Å². The fraction of sp³-hybridized carbons (Fsp3) is 0.714. The lowest BCUT2D eigenvalue weighted by atomic mass is 9.80. The number of ether oxygens (including phenoxy) is 3. The van der Waals surface area contributed by atoms with E-state index in [1.807, 2.05) is 20.8 Å². The fourth-order valence-electron chi connectivity index (χ4n) is 8.47. The van der Waals surface area contributed by atoms with Gasteiger partial charge in [-0.05, 0) is 74.5 Å². The smallest absolute Gasteiger partial charge is 0.335 e. The third kappa shape index (κ3) is 13.2. The number of nitrogens with zero attached hydrogens (tertiary/aromatic N) is 3. The van der Waals surface area contributed by atoms with Gasteiger partial charge in [-0.25, -0.2) is 4.79 Å². The molecule has 348 valence electrons. The number of aliphatic hydroxyl groups is 4. The number of likely N-dealkylation sites (N-methyl/N-ethyl adjacent to an activating group) is 1. The molecule has 2 saturated heterocycles. The van der Waals surface area contributed by atoms with E-state index in [0.29, 0.717) is 31.4 Å². The van der Waals surface area contributed by atoms with E-state index in [1.54, 1.807) is 12.1 Å². The molecule has 0 radical (unpaired) electrons. The first-order chi connectivity index (χ1) is 29.3. The van der Waals surface area contributed by atoms with Crippen LogP contribution in [0.3, 0.4) is 0 Å². The predicted molar refractivity (Wildman–Crippen MR) is 222 cm³/mol. The number of unbranched alkanes of at least 4 members (excludes halogenated alkanes) is 3. The van der Waals surface area contributed by atoms with E-state index in [4.69, 9.17) is 25.7 Å². The maximum absolute atomic E-state index is 15.1. The molecule has 1 saturated carbocycles. The van der Waals surface area contributed by atoms with E-state index in [0.717, 1.165) is 12.8 Å². The molecule has 1 aliphatic carbocycles. The molecule has 1 aromatic rings. The molecule has 0 aromatic heterocycles. The lowest BCUT2D eigenvalue weighted by Gasteiger charge is -2.45. The molecule has 20 heteroatoms. The van der Waals surface area contributed by atoms with Crippen LogP contribution in [0, 0.1) is 11.8 Å². The zero-order valence-electron chi connectivity index (χ0n) is 36.0. The van der Waals surface area contributed by atoms with Gasteiger partial charge in [0.05, 0.1) is 6.10 Å². The monoisotopic (exact) mass is 878 g/mol. The van der Waals surface area contributed by atoms with Crippen molar-refractivity contribution in [2.75, 3.05) is 20.1 Å². The van der Waals surface area contributed by atoms with Crippen molar-refractivity contribution >= 4 is 35.6 Å². The maximum Gasteiger partial charge on any atom is 0.335 e. The highest BCUT2D eigenvalue weighted by Crippen LogP contribution is 2.44. The summed E-state index contributed by atoms with van der Waals surface area (Å²) in [4.78, 5) is 74.8. The minimum Gasteiger partial charge on any atom is -0.508 e. The van der Waals surface area contributed by atoms with Crippen LogP contribution in [0.1, 0.15) is 90.5 Å². The molecule has 3 aliphatic rings. The summed E-state index contributed by atoms with van der Waals surface area (Å²) < 4.78 is 17.6. The average Bonchev–Trinajstić information content (AvgIpc) is 3.59. The number of aliphatic hydroxyl groups excluding tert-OH is 4. The van der Waals surface area contributed by atoms with E-state index in [9.17, 15) is 49.8 Å². The lowest BCUT2D eigenvalue weighted by Crippen LogP contribution is -2.62. The normalized spacial score (nSPS) is 28.0. The first-order valence-electron chi connectivity index (χ1n) is 21.5. The molecule has 2 aliphatic heterocycles. The van der Waals surface area contributed by atoms with Gasteiger partial charge in [-0.15, -0.1) is 0 Å². The number of rotatable bonds is 21. The highest BCUT2D eigenvalue weighted by Gasteiger charge is 2.56. The van der Waals surface area contributed by atoms with Gasteiger partial charge in [0, 0.05) is 39.0 Å². The Bertz CT molecular complexity index is 1700. The van der Waals surface area contributed by atoms with Crippen molar-refractivity contribution in [3.05, 3.63) is 29.8 Å². The number of carbonyl (C=O) groups is 5. The molecule has 4 rings (SSSR count). The minimum absolute atomic E-state index is 0.0119. The van der Waals surface area contributed by atoms with Gasteiger partial charge in [-0.2, -0.15) is 0 Å². The van der Waals surface area contributed by atoms with Crippen LogP contribution in [0.5, 0.6) is 5.75 Å². The molecule has 2 heterocycles. The lowest BCUT2D eigenvalue weighted by molar-refractivity contribution is -0.314. The maximum atomic E-state index is 15.1. The van der Waals surface area contributed by atoms with Crippen molar-refractivity contribution in [3.8, 4) is 5.75 Å². The molecule has 12 atom stereocenters. The van der Waals surface area contributed by atoms with Gasteiger partial charge in [-0.1, -0.05) is 45.7 Å². The molecule has 0 unspecified atom stereocenters. The second kappa shape index (κ2) is 23.2. The Morgan fingerprint density at radius 2 is 1.66 bits per heavy atom. The first kappa shape index (κ1) is 50.0. The number of nitrogens with two attached hydrogens (primary N) is 2. The summed E-state index contributed by atoms with van der Waals surface area (Å²) >= 11 is 0. The summed E-state index contributed by atoms with van der Waals surface area (Å²) in [5.74, 6) is -4.61. The number of aromatic hydroxyl groups is 1. The molecule has 1 aromatic carbocycles. The number of phenolic OH excluding ortho intramolecular Hbond substituents is 1. The number of carboxylic acid groups (broad SMARTS) is 1. The Balaban J connectivity index is 1.69. The van der Waals surface area contributed by atoms with Crippen molar-refractivity contribution in [2.24, 2.45) is 28.3 Å². The van der Waals surface area contributed by atoms with Crippen LogP contribution in [-0.2, 0) is 44.6 Å². The number of esters is 1. The standard InChI is InChI=1S/C42H66N6O14/c1-5-6-7-10-32(51)60-30-20-24-19-27(37(55)45-15-8-9-16-46-42(43)44)48(26(24)21-31(30)61-41-35(54)33(52)34(53)36(62-41)40(58)59)38(56)28(17-22(2)3)47(4)39(57)29(50)18-23-11-13-25(49)14-12-23/h11-14,22,24,26-31,33-36,41,49-50,52-54H,5-10,15-21H2,1-4H3,(H,45,55)(H,58,59)(H4,43,44,46)/t24-,26+,27-,28+,29+,30+,31+,33-,34-,35+,36+,41-/m0/s1. The average molecular weight is 879 g/mol. The van der Waals surface area contributed by atoms with Crippen LogP contribution in [0.2, 0.25) is 0 Å². The third-order valence-electron chi connectivity index (χ3n) is 11.8. The van der Waals surface area contributed by atoms with Gasteiger partial charge in [-0.3, -0.25) is 24.2 Å². The molecular weight excluding hydrogens is 812 g/mol. The first-order valence-corrected chi connectivity index (χ1v) is 21.5. The van der Waals surface area contributed by atoms with Gasteiger partial charge in [0.1, 0.15) is 48.4 Å². The Morgan fingerprint density at radius 3 is 2.29 bits per heavy atom. The van der Waals surface area contributed by atoms with Crippen molar-refractivity contribution in [3.63, 3.8) is 0 Å². The van der Waals surface area contributed by atoms with Gasteiger partial charge >= 0.3 is 11.9 Å². The number of amides is 3. The number of nitrogens with one attached hydrogen (secondary N) is 1. The molecule has 3 fully saturated rings. The SMILES string of the molecule is CCCCCC(=O)O[C@@H]1C[C@@H]2C[C@@H](C(=O)NCCCCN=C(N)N)N(C(=O)[C@@H](CC(C)C)N(C)C(=O)[C@H](O)Cc3ccc(O)cc3)[C@@H]2C[C@H]1O[C@H]1O[C@@H](C(=O)O)[C@@H](O)[C@H](O)[C@H]1O. The van der Waals surface area contributed by atoms with Gasteiger partial charge in [0.25, 0.3) is 5.91 Å². The van der Waals surface area contributed by atoms with E-state index < -0.39 is 103 Å². The van der Waals surface area contributed by atoms with E-state index in [-0.39, 0.29) is 62.7 Å². The Morgan fingerprint density at radius 1 is 0.968 bits per heavy atom. The summed E-state index contributed by atoms with van der Waals surface area (Å²) in [7, 11) is 1.41. The zero-order valence-corrected chi connectivity index (χ0v) is 36.0. The number of carbonyl (C=O) groups excluding carboxylic acids is 4. The zero-order chi connectivity index (χ0) is 45.8. The fourth-order valence-corrected chi connectivity index (χ4v) is 8.47. The second-order valence-electron chi connectivity index (χ2n) is 17.0. The van der Waals surface area contributed by atoms with Crippen molar-refractivity contribution < 1.29 is 68.8 Å². The number of hydrogen-bond acceptors (Lipinski definition) is 14. The molecule has 20 nitrogen and oxygen atoms in total. The summed E-state index contributed by atoms with van der Waals surface area (Å²) in [6.45, 7) is 6.27. The number of hydrogen-bond donors (Lipinski definition) is 9. The Kier molecular flexibility index (Phi) is 18.7. The van der Waals surface area contributed by atoms with Crippen molar-refractivity contribution in [2.45, 2.75) is 159 Å². The van der Waals surface area contributed by atoms with Crippen LogP contribution in [0.15, 0.2) is 29.3 Å². The van der Waals surface area contributed by atoms with Crippen LogP contribution >= 0.6 is 0 Å². The summed E-state index contributed by atoms with van der Waals surface area (Å²) in [6.07, 6.45) is -9.94. The van der Waals surface area contributed by atoms with Gasteiger partial charge < -0.3 is 71.4 Å². The number of likely N-dealkylation sites (tertiary alicyclic amines) is 1. The largest absolute Gasteiger partial charge is 0.508 e. The van der Waals surface area contributed by atoms with Crippen LogP contribution in [0.25, 0.3) is 0 Å². The van der Waals surface area contributed by atoms with E-state index >= 15 is 4.79 Å². The predicted octanol–water partition coefficient (Wildman–Crippen LogP) is -0.512. The number of phenols is 1. The highest BCUT2D eigenvalue weighted by molar-refractivity contribution is 5.93. The number of fused-ring (bicyclic) bond motifs is 1. The number of aliphatic imine (C=N–C) groups is 1. The third-order valence-corrected chi connectivity index (χ3v) is 11.8. The van der Waals surface area contributed by atoms with E-state index in [2.05, 4.69) is 10.3 Å². The second-order valence-corrected chi connectivity index (χ2v) is 17.0. The quantitative estimate of drug-likeness (QED) is 0.0325. The molecular formula is C42H66N6O14. The van der Waals surface area contributed by atoms with Crippen molar-refractivity contribution in [1.82, 2.24) is 15.1 Å². The summed E-state index contributed by atoms with van der Waals surface area (Å²) in [5.41, 5.74) is 11.4. The molecule has 3 amide bonds. The van der Waals surface area contributed by atoms with Crippen molar-refractivity contribution in [1.29, 1.82) is 0 Å². The van der Waals surface area contributed by atoms with Crippen LogP contribution < -0.4 is 16.8 Å². The Hall–Kier alpha value is -4.60. The van der Waals surface area contributed by atoms with Crippen LogP contribution in [-0.4, -0.2) is 163 Å². The number of benzene rings is 1. The summed E-state index contributed by atoms with van der Waals surface area (Å²) in [6, 6.07) is 2.97. The summed E-state index contributed by atoms with van der Waals surface area (Å²) in [5, 5.41) is 65.2. The van der Waals surface area contributed by atoms with Crippen LogP contribution in [0.4, 0.5) is 0 Å². The highest BCUT2D eigenvalue weighted by atomic mass is 16.7.